The fourth-order valence-electron chi connectivity index (χ4n) is 2.15. The molecule has 132 valence electrons. The second-order valence-corrected chi connectivity index (χ2v) is 5.73. The second kappa shape index (κ2) is 7.88. The van der Waals surface area contributed by atoms with Gasteiger partial charge in [0.05, 0.1) is 5.56 Å². The summed E-state index contributed by atoms with van der Waals surface area (Å²) in [7, 11) is 0. The Morgan fingerprint density at radius 2 is 1.80 bits per heavy atom. The highest BCUT2D eigenvalue weighted by molar-refractivity contribution is 5.99. The second-order valence-electron chi connectivity index (χ2n) is 5.73. The summed E-state index contributed by atoms with van der Waals surface area (Å²) < 4.78 is 38.0. The van der Waals surface area contributed by atoms with Crippen LogP contribution in [0, 0.1) is 6.92 Å². The van der Waals surface area contributed by atoms with Crippen LogP contribution < -0.4 is 10.6 Å². The van der Waals surface area contributed by atoms with Gasteiger partial charge in [-0.1, -0.05) is 35.9 Å². The Hall–Kier alpha value is -2.76. The first-order chi connectivity index (χ1) is 11.7. The molecule has 2 aromatic rings. The molecule has 2 aromatic carbocycles. The molecular formula is C19H19F3N2O. The number of nitrogens with one attached hydrogen (secondary N) is 2. The van der Waals surface area contributed by atoms with E-state index in [1.165, 1.54) is 18.2 Å². The third-order valence-corrected chi connectivity index (χ3v) is 3.50. The van der Waals surface area contributed by atoms with Gasteiger partial charge in [0.1, 0.15) is 0 Å². The molecule has 6 heteroatoms. The number of amides is 1. The maximum atomic E-state index is 12.7. The fourth-order valence-corrected chi connectivity index (χ4v) is 2.15. The van der Waals surface area contributed by atoms with Gasteiger partial charge < -0.3 is 10.6 Å². The number of hydrogen-bond donors (Lipinski definition) is 2. The Morgan fingerprint density at radius 3 is 2.44 bits per heavy atom. The van der Waals surface area contributed by atoms with Crippen molar-refractivity contribution in [2.75, 3.05) is 5.32 Å². The van der Waals surface area contributed by atoms with Crippen LogP contribution in [0.15, 0.2) is 60.3 Å². The van der Waals surface area contributed by atoms with Crippen LogP contribution in [0.4, 0.5) is 18.9 Å². The number of rotatable bonds is 5. The quantitative estimate of drug-likeness (QED) is 0.773. The van der Waals surface area contributed by atoms with E-state index in [0.717, 1.165) is 23.3 Å². The molecule has 0 spiro atoms. The minimum Gasteiger partial charge on any atom is -0.384 e. The molecule has 0 aliphatic heterocycles. The fraction of sp³-hybridized carbons (Fsp3) is 0.211. The van der Waals surface area contributed by atoms with E-state index in [0.29, 0.717) is 12.2 Å². The number of benzene rings is 2. The lowest BCUT2D eigenvalue weighted by atomic mass is 10.1. The molecule has 0 fully saturated rings. The third kappa shape index (κ3) is 5.99. The van der Waals surface area contributed by atoms with E-state index >= 15 is 0 Å². The summed E-state index contributed by atoms with van der Waals surface area (Å²) in [6.07, 6.45) is -3.13. The Labute approximate surface area is 144 Å². The van der Waals surface area contributed by atoms with Crippen LogP contribution in [0.5, 0.6) is 0 Å². The molecule has 0 aliphatic rings. The molecule has 0 saturated carbocycles. The van der Waals surface area contributed by atoms with Crippen LogP contribution in [0.1, 0.15) is 23.6 Å². The highest BCUT2D eigenvalue weighted by atomic mass is 19.4. The number of hydrogen-bond acceptors (Lipinski definition) is 2. The van der Waals surface area contributed by atoms with Crippen LogP contribution in [0.3, 0.4) is 0 Å². The molecule has 2 N–H and O–H groups in total. The molecule has 0 bridgehead atoms. The third-order valence-electron chi connectivity index (χ3n) is 3.50. The van der Waals surface area contributed by atoms with Crippen LogP contribution in [-0.2, 0) is 17.5 Å². The van der Waals surface area contributed by atoms with Gasteiger partial charge in [0.15, 0.2) is 0 Å². The van der Waals surface area contributed by atoms with Crippen LogP contribution in [0.2, 0.25) is 0 Å². The lowest BCUT2D eigenvalue weighted by Gasteiger charge is -2.10. The first kappa shape index (κ1) is 18.6. The summed E-state index contributed by atoms with van der Waals surface area (Å²) in [5.41, 5.74) is 2.14. The van der Waals surface area contributed by atoms with Crippen molar-refractivity contribution in [1.29, 1.82) is 0 Å². The minimum atomic E-state index is -4.44. The zero-order valence-corrected chi connectivity index (χ0v) is 13.9. The highest BCUT2D eigenvalue weighted by Gasteiger charge is 2.30. The maximum absolute atomic E-state index is 12.7. The van der Waals surface area contributed by atoms with E-state index in [1.807, 2.05) is 31.2 Å². The van der Waals surface area contributed by atoms with Crippen molar-refractivity contribution < 1.29 is 18.0 Å². The van der Waals surface area contributed by atoms with E-state index in [2.05, 4.69) is 10.6 Å². The zero-order chi connectivity index (χ0) is 18.4. The minimum absolute atomic E-state index is 0.0995. The summed E-state index contributed by atoms with van der Waals surface area (Å²) in [5, 5.41) is 5.53. The normalized spacial score (nSPS) is 12.0. The van der Waals surface area contributed by atoms with Crippen LogP contribution in [-0.4, -0.2) is 5.91 Å². The molecule has 1 amide bonds. The van der Waals surface area contributed by atoms with E-state index < -0.39 is 17.6 Å². The molecule has 0 atom stereocenters. The van der Waals surface area contributed by atoms with Gasteiger partial charge in [-0.25, -0.2) is 0 Å². The van der Waals surface area contributed by atoms with Gasteiger partial charge in [-0.15, -0.1) is 0 Å². The van der Waals surface area contributed by atoms with Gasteiger partial charge in [0.2, 0.25) is 5.91 Å². The van der Waals surface area contributed by atoms with Gasteiger partial charge in [-0.3, -0.25) is 4.79 Å². The van der Waals surface area contributed by atoms with E-state index in [1.54, 1.807) is 6.92 Å². The van der Waals surface area contributed by atoms with E-state index in [-0.39, 0.29) is 5.69 Å². The van der Waals surface area contributed by atoms with Crippen molar-refractivity contribution in [2.45, 2.75) is 26.6 Å². The number of alkyl halides is 3. The Balaban J connectivity index is 1.94. The molecule has 0 aromatic heterocycles. The SMILES string of the molecule is C/C(=C\C(=O)Nc1cccc(C(F)(F)F)c1)NCc1ccc(C)cc1. The predicted octanol–water partition coefficient (Wildman–Crippen LogP) is 4.65. The van der Waals surface area contributed by atoms with E-state index in [9.17, 15) is 18.0 Å². The molecule has 25 heavy (non-hydrogen) atoms. The molecule has 0 aliphatic carbocycles. The zero-order valence-electron chi connectivity index (χ0n) is 13.9. The highest BCUT2D eigenvalue weighted by Crippen LogP contribution is 2.30. The number of carbonyl (C=O) groups is 1. The van der Waals surface area contributed by atoms with Gasteiger partial charge in [0.25, 0.3) is 0 Å². The van der Waals surface area contributed by atoms with Crippen molar-refractivity contribution in [3.8, 4) is 0 Å². The molecule has 0 heterocycles. The largest absolute Gasteiger partial charge is 0.416 e. The maximum Gasteiger partial charge on any atom is 0.416 e. The standard InChI is InChI=1S/C19H19F3N2O/c1-13-6-8-15(9-7-13)12-23-14(2)10-18(25)24-17-5-3-4-16(11-17)19(20,21)22/h3-11,23H,12H2,1-2H3,(H,24,25)/b14-10+. The number of anilines is 1. The van der Waals surface area contributed by atoms with Crippen LogP contribution in [0.25, 0.3) is 0 Å². The van der Waals surface area contributed by atoms with Crippen molar-refractivity contribution in [2.24, 2.45) is 0 Å². The Bertz CT molecular complexity index is 765. The summed E-state index contributed by atoms with van der Waals surface area (Å²) in [6.45, 7) is 4.28. The van der Waals surface area contributed by atoms with E-state index in [4.69, 9.17) is 0 Å². The summed E-state index contributed by atoms with van der Waals surface area (Å²) in [5.74, 6) is -0.492. The number of allylic oxidation sites excluding steroid dienone is 1. The molecular weight excluding hydrogens is 329 g/mol. The van der Waals surface area contributed by atoms with Gasteiger partial charge in [0, 0.05) is 24.0 Å². The molecule has 0 radical (unpaired) electrons. The van der Waals surface area contributed by atoms with Crippen molar-refractivity contribution in [3.63, 3.8) is 0 Å². The average Bonchev–Trinajstić information content (AvgIpc) is 2.53. The van der Waals surface area contributed by atoms with Gasteiger partial charge in [-0.2, -0.15) is 13.2 Å². The monoisotopic (exact) mass is 348 g/mol. The smallest absolute Gasteiger partial charge is 0.384 e. The number of halogens is 3. The summed E-state index contributed by atoms with van der Waals surface area (Å²) >= 11 is 0. The summed E-state index contributed by atoms with van der Waals surface area (Å²) in [6, 6.07) is 12.5. The Kier molecular flexibility index (Phi) is 5.85. The first-order valence-corrected chi connectivity index (χ1v) is 7.70. The molecule has 3 nitrogen and oxygen atoms in total. The Morgan fingerprint density at radius 1 is 1.12 bits per heavy atom. The molecule has 0 saturated heterocycles. The average molecular weight is 348 g/mol. The van der Waals surface area contributed by atoms with Crippen molar-refractivity contribution in [3.05, 3.63) is 77.0 Å². The van der Waals surface area contributed by atoms with Gasteiger partial charge >= 0.3 is 6.18 Å². The van der Waals surface area contributed by atoms with Crippen molar-refractivity contribution >= 4 is 11.6 Å². The van der Waals surface area contributed by atoms with Gasteiger partial charge in [-0.05, 0) is 37.6 Å². The first-order valence-electron chi connectivity index (χ1n) is 7.70. The van der Waals surface area contributed by atoms with Crippen molar-refractivity contribution in [1.82, 2.24) is 5.32 Å². The topological polar surface area (TPSA) is 41.1 Å². The van der Waals surface area contributed by atoms with Crippen LogP contribution >= 0.6 is 0 Å². The lowest BCUT2D eigenvalue weighted by molar-refractivity contribution is -0.137. The number of aryl methyl sites for hydroxylation is 1. The summed E-state index contributed by atoms with van der Waals surface area (Å²) in [4.78, 5) is 11.9. The number of carbonyl (C=O) groups excluding carboxylic acids is 1. The molecule has 2 rings (SSSR count). The lowest BCUT2D eigenvalue weighted by Crippen LogP contribution is -2.15. The predicted molar refractivity (Wildman–Crippen MR) is 91.8 cm³/mol. The molecule has 0 unspecified atom stereocenters.